The van der Waals surface area contributed by atoms with Gasteiger partial charge in [0.15, 0.2) is 12.1 Å². The molecule has 0 aromatic heterocycles. The van der Waals surface area contributed by atoms with Gasteiger partial charge in [-0.1, -0.05) is 110 Å². The van der Waals surface area contributed by atoms with E-state index >= 15 is 0 Å². The van der Waals surface area contributed by atoms with E-state index in [-0.39, 0.29) is 25.2 Å². The summed E-state index contributed by atoms with van der Waals surface area (Å²) in [6.45, 7) is 8.59. The van der Waals surface area contributed by atoms with Gasteiger partial charge in [-0.15, -0.1) is 0 Å². The summed E-state index contributed by atoms with van der Waals surface area (Å²) in [5, 5.41) is 17.4. The van der Waals surface area contributed by atoms with Crippen LogP contribution in [0.5, 0.6) is 0 Å². The number of nitrogens with one attached hydrogen (secondary N) is 3. The Morgan fingerprint density at radius 1 is 0.697 bits per heavy atom. The van der Waals surface area contributed by atoms with Crippen LogP contribution in [-0.4, -0.2) is 114 Å². The van der Waals surface area contributed by atoms with Crippen LogP contribution in [0.15, 0.2) is 60.2 Å². The molecular formula is C50H79F6N6O4+. The Bertz CT molecular complexity index is 1690. The number of alkyl halides is 6. The van der Waals surface area contributed by atoms with Gasteiger partial charge in [-0.25, -0.2) is 26.3 Å². The predicted molar refractivity (Wildman–Crippen MR) is 250 cm³/mol. The van der Waals surface area contributed by atoms with Gasteiger partial charge >= 0.3 is 5.97 Å². The van der Waals surface area contributed by atoms with E-state index in [0.29, 0.717) is 5.57 Å². The first kappa shape index (κ1) is 58.3. The predicted octanol–water partition coefficient (Wildman–Crippen LogP) is 9.17. The van der Waals surface area contributed by atoms with Gasteiger partial charge in [0.05, 0.1) is 18.2 Å². The van der Waals surface area contributed by atoms with Crippen molar-refractivity contribution in [2.24, 2.45) is 23.5 Å². The third kappa shape index (κ3) is 17.7. The number of amides is 2. The zero-order valence-electron chi connectivity index (χ0n) is 40.7. The zero-order chi connectivity index (χ0) is 49.8. The molecule has 0 radical (unpaired) electrons. The second kappa shape index (κ2) is 27.9. The third-order valence-corrected chi connectivity index (χ3v) is 13.1. The Kier molecular flexibility index (Phi) is 24.6. The number of nitrogens with zero attached hydrogens (tertiary/aromatic N) is 2. The molecule has 374 valence electrons. The lowest BCUT2D eigenvalue weighted by molar-refractivity contribution is -0.156. The van der Waals surface area contributed by atoms with Crippen molar-refractivity contribution >= 4 is 17.8 Å². The van der Waals surface area contributed by atoms with Crippen LogP contribution in [0.1, 0.15) is 124 Å². The molecule has 10 nitrogen and oxygen atoms in total. The quantitative estimate of drug-likeness (QED) is 0.0726. The molecule has 3 saturated carbocycles. The molecule has 1 aromatic carbocycles. The molecule has 66 heavy (non-hydrogen) atoms. The lowest BCUT2D eigenvalue weighted by atomic mass is 9.96. The average Bonchev–Trinajstić information content (AvgIpc) is 4.12. The van der Waals surface area contributed by atoms with Crippen LogP contribution in [-0.2, 0) is 20.9 Å². The fraction of sp³-hybridized carbons (Fsp3) is 0.700. The second-order valence-corrected chi connectivity index (χ2v) is 18.9. The van der Waals surface area contributed by atoms with Crippen LogP contribution < -0.4 is 21.7 Å². The van der Waals surface area contributed by atoms with Gasteiger partial charge in [0.2, 0.25) is 11.8 Å². The fourth-order valence-corrected chi connectivity index (χ4v) is 8.12. The fourth-order valence-electron chi connectivity index (χ4n) is 8.12. The van der Waals surface area contributed by atoms with E-state index in [9.17, 15) is 40.7 Å². The largest absolute Gasteiger partial charge is 0.480 e. The van der Waals surface area contributed by atoms with Crippen LogP contribution in [0.2, 0.25) is 0 Å². The first-order valence-corrected chi connectivity index (χ1v) is 23.7. The molecule has 0 spiro atoms. The van der Waals surface area contributed by atoms with Crippen molar-refractivity contribution in [3.8, 4) is 0 Å². The summed E-state index contributed by atoms with van der Waals surface area (Å²) in [6, 6.07) is 5.22. The van der Waals surface area contributed by atoms with E-state index in [2.05, 4.69) is 29.1 Å². The number of carboxylic acid groups (broad SMARTS) is 1. The van der Waals surface area contributed by atoms with Crippen LogP contribution in [0.4, 0.5) is 26.3 Å². The maximum absolute atomic E-state index is 14.7. The van der Waals surface area contributed by atoms with Gasteiger partial charge in [0, 0.05) is 68.7 Å². The zero-order valence-corrected chi connectivity index (χ0v) is 40.7. The number of rotatable bonds is 18. The topological polar surface area (TPSA) is 140 Å². The molecule has 6 N–H and O–H groups in total. The number of carbonyl (C=O) groups excluding carboxylic acids is 2. The maximum atomic E-state index is 14.7. The summed E-state index contributed by atoms with van der Waals surface area (Å²) in [6.07, 6.45) is 23.0. The SMILES string of the molecule is CC(C)C(F)(F)C(N)C(=O)N(C)C1CCCC1.CC(C)C(F)(F)C(NCC1=CC=C[C+]=C1)C(=O)O.CC(C)C(F)(F)C(NCc1ccccc1)C(=O)N(C)C1CCCC1.CNC1CCCC1. The molecule has 1 aromatic rings. The Morgan fingerprint density at radius 3 is 1.55 bits per heavy atom. The van der Waals surface area contributed by atoms with Crippen molar-refractivity contribution in [1.82, 2.24) is 25.8 Å². The first-order valence-electron chi connectivity index (χ1n) is 23.7. The van der Waals surface area contributed by atoms with Gasteiger partial charge in [-0.05, 0) is 51.1 Å². The minimum absolute atomic E-state index is 0.0661. The molecule has 16 heteroatoms. The van der Waals surface area contributed by atoms with Gasteiger partial charge < -0.3 is 26.0 Å². The molecule has 2 amide bonds. The van der Waals surface area contributed by atoms with E-state index < -0.39 is 71.4 Å². The minimum Gasteiger partial charge on any atom is -0.480 e. The van der Waals surface area contributed by atoms with Crippen LogP contribution in [0.3, 0.4) is 0 Å². The van der Waals surface area contributed by atoms with Crippen molar-refractivity contribution in [2.75, 3.05) is 27.7 Å². The number of allylic oxidation sites excluding steroid dienone is 4. The smallest absolute Gasteiger partial charge is 0.327 e. The molecule has 4 aliphatic carbocycles. The minimum atomic E-state index is -3.30. The number of carboxylic acids is 1. The van der Waals surface area contributed by atoms with Gasteiger partial charge in [0.25, 0.3) is 17.8 Å². The molecule has 3 fully saturated rings. The van der Waals surface area contributed by atoms with E-state index in [0.717, 1.165) is 63.0 Å². The molecule has 3 unspecified atom stereocenters. The van der Waals surface area contributed by atoms with Gasteiger partial charge in [-0.3, -0.25) is 25.0 Å². The van der Waals surface area contributed by atoms with Crippen molar-refractivity contribution in [2.45, 2.75) is 179 Å². The van der Waals surface area contributed by atoms with Gasteiger partial charge in [0.1, 0.15) is 18.2 Å². The highest BCUT2D eigenvalue weighted by Crippen LogP contribution is 2.33. The third-order valence-electron chi connectivity index (χ3n) is 13.1. The molecule has 4 aliphatic rings. The first-order chi connectivity index (χ1) is 30.9. The van der Waals surface area contributed by atoms with Crippen molar-refractivity contribution in [3.63, 3.8) is 0 Å². The lowest BCUT2D eigenvalue weighted by Crippen LogP contribution is -2.58. The summed E-state index contributed by atoms with van der Waals surface area (Å²) in [7, 11) is 5.29. The number of hydrogen-bond donors (Lipinski definition) is 5. The molecule has 5 rings (SSSR count). The molecular weight excluding hydrogens is 863 g/mol. The Balaban J connectivity index is 0.000000321. The summed E-state index contributed by atoms with van der Waals surface area (Å²) in [5.74, 6) is -15.1. The van der Waals surface area contributed by atoms with Gasteiger partial charge in [-0.2, -0.15) is 0 Å². The summed E-state index contributed by atoms with van der Waals surface area (Å²) < 4.78 is 84.2. The number of nitrogens with two attached hydrogens (primary N) is 1. The van der Waals surface area contributed by atoms with Crippen LogP contribution in [0.25, 0.3) is 0 Å². The van der Waals surface area contributed by atoms with E-state index in [1.807, 2.05) is 30.3 Å². The molecule has 0 bridgehead atoms. The normalized spacial score (nSPS) is 18.3. The highest BCUT2D eigenvalue weighted by molar-refractivity contribution is 5.83. The number of halogens is 6. The number of hydrogen-bond acceptors (Lipinski definition) is 7. The van der Waals surface area contributed by atoms with Crippen LogP contribution >= 0.6 is 0 Å². The average molecular weight is 942 g/mol. The molecule has 0 saturated heterocycles. The standard InChI is InChI=1S/C19H28F2N2O.C13H15F2NO2.C12H22F2N2O.C6H13N/c1-14(2)19(20,21)17(22-13-15-9-5-4-6-10-15)18(24)23(3)16-11-7-8-12-16;1-9(2)13(14,15)11(12(17)18)16-8-10-6-4-3-5-7-10;1-8(2)12(13,14)10(15)11(17)16(3)9-6-4-5-7-9;1-7-6-4-2-3-5-6/h4-6,9-10,14,16-17,22H,7-8,11-13H2,1-3H3;3-4,6-7,9,11,16H,8H2,1-2H3;8-10H,4-7,15H2,1-3H3;6-7H,2-5H2,1H3/p+1. The van der Waals surface area contributed by atoms with Crippen molar-refractivity contribution in [1.29, 1.82) is 0 Å². The summed E-state index contributed by atoms with van der Waals surface area (Å²) in [4.78, 5) is 38.6. The lowest BCUT2D eigenvalue weighted by Gasteiger charge is -2.35. The maximum Gasteiger partial charge on any atom is 0.327 e. The molecule has 0 aliphatic heterocycles. The molecule has 3 atom stereocenters. The van der Waals surface area contributed by atoms with Crippen molar-refractivity contribution in [3.05, 3.63) is 71.8 Å². The number of benzene rings is 1. The number of likely N-dealkylation sites (N-methyl/N-ethyl adjacent to an activating group) is 2. The van der Waals surface area contributed by atoms with Crippen molar-refractivity contribution < 1.29 is 45.8 Å². The summed E-state index contributed by atoms with van der Waals surface area (Å²) >= 11 is 0. The molecule has 0 heterocycles. The highest BCUT2D eigenvalue weighted by Gasteiger charge is 2.49. The monoisotopic (exact) mass is 942 g/mol. The Morgan fingerprint density at radius 2 is 1.14 bits per heavy atom. The van der Waals surface area contributed by atoms with E-state index in [1.165, 1.54) is 77.0 Å². The van der Waals surface area contributed by atoms with E-state index in [4.69, 9.17) is 10.8 Å². The van der Waals surface area contributed by atoms with E-state index in [1.54, 1.807) is 38.4 Å². The van der Waals surface area contributed by atoms with Crippen LogP contribution in [0, 0.1) is 23.8 Å². The number of carbonyl (C=O) groups is 3. The number of aliphatic carboxylic acids is 1. The Hall–Kier alpha value is -3.82. The highest BCUT2D eigenvalue weighted by atomic mass is 19.3. The second-order valence-electron chi connectivity index (χ2n) is 18.9. The summed E-state index contributed by atoms with van der Waals surface area (Å²) in [5.41, 5.74) is 7.02. The Labute approximate surface area is 390 Å².